The van der Waals surface area contributed by atoms with Crippen LogP contribution in [0.5, 0.6) is 0 Å². The van der Waals surface area contributed by atoms with Crippen LogP contribution in [0.4, 0.5) is 19.0 Å². The minimum atomic E-state index is -4.71. The van der Waals surface area contributed by atoms with E-state index in [1.54, 1.807) is 15.7 Å². The summed E-state index contributed by atoms with van der Waals surface area (Å²) in [5.74, 6) is -0.532. The molecule has 7 rings (SSSR count). The number of Topliss-reactive ketones (excluding diaryl/α,β-unsaturated/α-hetero) is 1. The molecule has 2 N–H and O–H groups in total. The van der Waals surface area contributed by atoms with Crippen molar-refractivity contribution in [2.45, 2.75) is 78.1 Å². The van der Waals surface area contributed by atoms with E-state index in [4.69, 9.17) is 4.74 Å². The summed E-state index contributed by atoms with van der Waals surface area (Å²) in [5, 5.41) is 5.19. The van der Waals surface area contributed by atoms with E-state index in [2.05, 4.69) is 20.7 Å². The lowest BCUT2D eigenvalue weighted by Crippen LogP contribution is -2.46. The van der Waals surface area contributed by atoms with E-state index in [1.165, 1.54) is 20.1 Å². The van der Waals surface area contributed by atoms with E-state index in [9.17, 15) is 27.6 Å². The van der Waals surface area contributed by atoms with Crippen molar-refractivity contribution >= 4 is 45.7 Å². The van der Waals surface area contributed by atoms with E-state index in [0.717, 1.165) is 34.1 Å². The van der Waals surface area contributed by atoms with Crippen molar-refractivity contribution in [3.63, 3.8) is 0 Å². The molecule has 1 unspecified atom stereocenters. The Labute approximate surface area is 280 Å². The molecule has 0 radical (unpaired) electrons. The van der Waals surface area contributed by atoms with Crippen molar-refractivity contribution in [3.8, 4) is 0 Å². The molecule has 4 atom stereocenters. The maximum absolute atomic E-state index is 14.1. The van der Waals surface area contributed by atoms with E-state index in [0.29, 0.717) is 23.8 Å². The molecule has 11 nitrogen and oxygen atoms in total. The number of carbonyl (C=O) groups is 3. The molecule has 1 saturated heterocycles. The van der Waals surface area contributed by atoms with Crippen LogP contribution in [0.1, 0.15) is 66.4 Å². The SMILES string of the molecule is COCc1ccc(C(F)(F)F)nc1NC(=O)[C@@H]1C[C@@]2(C)C[C@H]2N1C(=O)Cn1cc(C(C)=O)c2cc(C3=CN4NC(C)=NC4C=C3)cc(C)c21. The summed E-state index contributed by atoms with van der Waals surface area (Å²) >= 11 is 0. The number of aryl methyl sites for hydroxylation is 1. The number of hydrogen-bond donors (Lipinski definition) is 2. The fraction of sp³-hybridized carbons (Fsp3) is 0.400. The lowest BCUT2D eigenvalue weighted by atomic mass is 9.98. The molecule has 256 valence electrons. The minimum Gasteiger partial charge on any atom is -0.380 e. The Hall–Kier alpha value is -4.98. The third-order valence-electron chi connectivity index (χ3n) is 9.85. The molecular weight excluding hydrogens is 639 g/mol. The number of hydrazine groups is 1. The number of amidine groups is 1. The number of nitrogens with one attached hydrogen (secondary N) is 2. The van der Waals surface area contributed by atoms with Gasteiger partial charge in [0, 0.05) is 42.1 Å². The fourth-order valence-corrected chi connectivity index (χ4v) is 7.38. The number of aliphatic imine (C=N–C) groups is 1. The maximum atomic E-state index is 14.1. The summed E-state index contributed by atoms with van der Waals surface area (Å²) in [5.41, 5.74) is 5.96. The second-order valence-electron chi connectivity index (χ2n) is 13.5. The van der Waals surface area contributed by atoms with Gasteiger partial charge in [0.25, 0.3) is 0 Å². The van der Waals surface area contributed by atoms with Crippen LogP contribution in [0.25, 0.3) is 16.5 Å². The highest BCUT2D eigenvalue weighted by Gasteiger charge is 2.64. The summed E-state index contributed by atoms with van der Waals surface area (Å²) in [7, 11) is 1.39. The normalized spacial score (nSPS) is 24.0. The first kappa shape index (κ1) is 32.6. The number of aromatic nitrogens is 2. The predicted molar refractivity (Wildman–Crippen MR) is 176 cm³/mol. The van der Waals surface area contributed by atoms with Gasteiger partial charge < -0.3 is 19.5 Å². The topological polar surface area (TPSA) is 121 Å². The van der Waals surface area contributed by atoms with Crippen LogP contribution < -0.4 is 10.7 Å². The molecule has 3 aliphatic heterocycles. The summed E-state index contributed by atoms with van der Waals surface area (Å²) in [4.78, 5) is 50.4. The third-order valence-corrected chi connectivity index (χ3v) is 9.85. The van der Waals surface area contributed by atoms with Crippen LogP contribution in [-0.2, 0) is 33.7 Å². The number of rotatable bonds is 8. The first-order valence-corrected chi connectivity index (χ1v) is 16.0. The van der Waals surface area contributed by atoms with Crippen molar-refractivity contribution in [3.05, 3.63) is 76.8 Å². The van der Waals surface area contributed by atoms with Crippen molar-refractivity contribution < 1.29 is 32.3 Å². The second kappa shape index (κ2) is 11.6. The lowest BCUT2D eigenvalue weighted by molar-refractivity contribution is -0.141. The largest absolute Gasteiger partial charge is 0.433 e. The van der Waals surface area contributed by atoms with Crippen LogP contribution in [0, 0.1) is 12.3 Å². The van der Waals surface area contributed by atoms with Crippen LogP contribution in [0.2, 0.25) is 0 Å². The molecule has 1 aromatic carbocycles. The average Bonchev–Trinajstić information content (AvgIpc) is 3.30. The Kier molecular flexibility index (Phi) is 7.69. The highest BCUT2D eigenvalue weighted by molar-refractivity contribution is 6.09. The zero-order chi connectivity index (χ0) is 35.0. The Morgan fingerprint density at radius 1 is 1.16 bits per heavy atom. The van der Waals surface area contributed by atoms with E-state index in [1.807, 2.05) is 56.3 Å². The van der Waals surface area contributed by atoms with Gasteiger partial charge in [-0.25, -0.2) is 9.98 Å². The summed E-state index contributed by atoms with van der Waals surface area (Å²) in [6.45, 7) is 7.11. The molecule has 5 heterocycles. The number of piperidine rings is 1. The number of halogens is 3. The number of nitrogens with zero attached hydrogens (tertiary/aromatic N) is 5. The number of hydrogen-bond acceptors (Lipinski definition) is 8. The standard InChI is InChI=1S/C35H36F3N7O4/c1-18-10-23(21-7-9-29-39-20(3)42-44(29)14-21)11-24-25(19(2)46)15-43(31(18)24)16-30(47)45-26(12-34(4)13-28(34)45)33(48)41-32-22(17-49-5)6-8-27(40-32)35(36,37)38/h6-11,14-15,26,28-29H,12-13,16-17H2,1-5H3,(H,39,42)(H,40,41,48)/t26-,28+,29?,34-/m0/s1. The molecule has 1 saturated carbocycles. The number of anilines is 1. The van der Waals surface area contributed by atoms with Gasteiger partial charge in [-0.15, -0.1) is 0 Å². The second-order valence-corrected chi connectivity index (χ2v) is 13.5. The van der Waals surface area contributed by atoms with Crippen LogP contribution in [0.15, 0.2) is 53.8 Å². The van der Waals surface area contributed by atoms with Crippen LogP contribution in [0.3, 0.4) is 0 Å². The van der Waals surface area contributed by atoms with Gasteiger partial charge in [-0.2, -0.15) is 13.2 Å². The number of pyridine rings is 1. The van der Waals surface area contributed by atoms with E-state index in [-0.39, 0.29) is 53.8 Å². The molecule has 14 heteroatoms. The van der Waals surface area contributed by atoms with Gasteiger partial charge in [0.1, 0.15) is 29.9 Å². The molecular formula is C35H36F3N7O4. The molecule has 4 aliphatic rings. The smallest absolute Gasteiger partial charge is 0.380 e. The number of fused-ring (bicyclic) bond motifs is 3. The number of alkyl halides is 3. The zero-order valence-electron chi connectivity index (χ0n) is 27.7. The number of amides is 2. The molecule has 0 spiro atoms. The van der Waals surface area contributed by atoms with Crippen molar-refractivity contribution in [2.75, 3.05) is 12.4 Å². The molecule has 2 aromatic heterocycles. The van der Waals surface area contributed by atoms with Crippen molar-refractivity contribution in [1.82, 2.24) is 24.9 Å². The van der Waals surface area contributed by atoms with Crippen molar-refractivity contribution in [2.24, 2.45) is 10.4 Å². The first-order chi connectivity index (χ1) is 23.2. The molecule has 49 heavy (non-hydrogen) atoms. The molecule has 0 bridgehead atoms. The van der Waals surface area contributed by atoms with Gasteiger partial charge >= 0.3 is 6.18 Å². The molecule has 2 amide bonds. The van der Waals surface area contributed by atoms with E-state index >= 15 is 0 Å². The Morgan fingerprint density at radius 2 is 1.94 bits per heavy atom. The number of likely N-dealkylation sites (tertiary alicyclic amines) is 1. The highest BCUT2D eigenvalue weighted by atomic mass is 19.4. The number of ether oxygens (including phenoxy) is 1. The first-order valence-electron chi connectivity index (χ1n) is 16.0. The summed E-state index contributed by atoms with van der Waals surface area (Å²) in [6, 6.07) is 4.92. The van der Waals surface area contributed by atoms with Gasteiger partial charge in [-0.1, -0.05) is 19.1 Å². The quantitative estimate of drug-likeness (QED) is 0.315. The van der Waals surface area contributed by atoms with Gasteiger partial charge in [0.2, 0.25) is 11.8 Å². The zero-order valence-corrected chi connectivity index (χ0v) is 27.7. The van der Waals surface area contributed by atoms with Crippen LogP contribution in [-0.4, -0.2) is 68.3 Å². The molecule has 2 fully saturated rings. The number of carbonyl (C=O) groups excluding carboxylic acids is 3. The van der Waals surface area contributed by atoms with Gasteiger partial charge in [0.05, 0.1) is 12.1 Å². The third kappa shape index (κ3) is 5.77. The predicted octanol–water partition coefficient (Wildman–Crippen LogP) is 5.21. The highest BCUT2D eigenvalue weighted by Crippen LogP contribution is 2.59. The summed E-state index contributed by atoms with van der Waals surface area (Å²) < 4.78 is 47.3. The summed E-state index contributed by atoms with van der Waals surface area (Å²) in [6.07, 6.45) is 3.89. The van der Waals surface area contributed by atoms with Gasteiger partial charge in [0.15, 0.2) is 11.9 Å². The minimum absolute atomic E-state index is 0.0635. The van der Waals surface area contributed by atoms with Crippen LogP contribution >= 0.6 is 0 Å². The fourth-order valence-electron chi connectivity index (χ4n) is 7.38. The Bertz CT molecular complexity index is 2020. The molecule has 3 aromatic rings. The Balaban J connectivity index is 1.17. The number of ketones is 1. The monoisotopic (exact) mass is 675 g/mol. The Morgan fingerprint density at radius 3 is 2.65 bits per heavy atom. The lowest BCUT2D eigenvalue weighted by Gasteiger charge is -2.27. The van der Waals surface area contributed by atoms with Gasteiger partial charge in [-0.05, 0) is 80.0 Å². The maximum Gasteiger partial charge on any atom is 0.433 e. The van der Waals surface area contributed by atoms with Crippen molar-refractivity contribution in [1.29, 1.82) is 0 Å². The number of benzene rings is 1. The average molecular weight is 676 g/mol. The molecule has 1 aliphatic carbocycles. The van der Waals surface area contributed by atoms with Gasteiger partial charge in [-0.3, -0.25) is 24.8 Å². The number of allylic oxidation sites excluding steroid dienone is 2. The van der Waals surface area contributed by atoms with E-state index < -0.39 is 23.8 Å². The number of methoxy groups -OCH3 is 1.